The number of nitrogens with zero attached hydrogens (tertiary/aromatic N) is 1. The number of ether oxygens (including phenoxy) is 1. The number of nitrogens with two attached hydrogens (primary N) is 2. The van der Waals surface area contributed by atoms with Crippen LogP contribution in [0.15, 0.2) is 42.6 Å². The Labute approximate surface area is 151 Å². The van der Waals surface area contributed by atoms with Gasteiger partial charge >= 0.3 is 6.09 Å². The highest BCUT2D eigenvalue weighted by molar-refractivity contribution is 5.94. The molecule has 0 bridgehead atoms. The third kappa shape index (κ3) is 6.31. The number of unbranched alkanes of at least 4 members (excludes halogenated alkanes) is 1. The molecule has 1 aromatic heterocycles. The summed E-state index contributed by atoms with van der Waals surface area (Å²) in [5, 5.41) is 5.78. The van der Waals surface area contributed by atoms with Crippen molar-refractivity contribution < 1.29 is 14.3 Å². The molecule has 8 nitrogen and oxygen atoms in total. The number of benzene rings is 1. The number of pyridine rings is 1. The van der Waals surface area contributed by atoms with Crippen LogP contribution in [0, 0.1) is 0 Å². The molecule has 6 N–H and O–H groups in total. The van der Waals surface area contributed by atoms with Crippen molar-refractivity contribution in [3.63, 3.8) is 0 Å². The molecule has 0 unspecified atom stereocenters. The highest BCUT2D eigenvalue weighted by atomic mass is 16.5. The van der Waals surface area contributed by atoms with Crippen molar-refractivity contribution in [3.8, 4) is 0 Å². The van der Waals surface area contributed by atoms with Crippen molar-refractivity contribution in [2.75, 3.05) is 24.1 Å². The van der Waals surface area contributed by atoms with Gasteiger partial charge in [-0.1, -0.05) is 30.3 Å². The van der Waals surface area contributed by atoms with E-state index < -0.39 is 12.0 Å². The van der Waals surface area contributed by atoms with Gasteiger partial charge in [-0.25, -0.2) is 9.78 Å². The summed E-state index contributed by atoms with van der Waals surface area (Å²) in [4.78, 5) is 26.7. The molecule has 8 heteroatoms. The fourth-order valence-electron chi connectivity index (χ4n) is 2.19. The molecule has 0 aliphatic carbocycles. The molecule has 0 saturated carbocycles. The van der Waals surface area contributed by atoms with E-state index in [0.29, 0.717) is 24.6 Å². The Balaban J connectivity index is 1.58. The van der Waals surface area contributed by atoms with Gasteiger partial charge in [-0.2, -0.15) is 0 Å². The first-order valence-corrected chi connectivity index (χ1v) is 8.30. The molecule has 0 saturated heterocycles. The summed E-state index contributed by atoms with van der Waals surface area (Å²) in [6, 6.07) is 11.0. The second kappa shape index (κ2) is 9.87. The van der Waals surface area contributed by atoms with Crippen molar-refractivity contribution in [1.29, 1.82) is 0 Å². The summed E-state index contributed by atoms with van der Waals surface area (Å²) in [7, 11) is 0. The zero-order valence-electron chi connectivity index (χ0n) is 14.4. The van der Waals surface area contributed by atoms with Crippen LogP contribution < -0.4 is 22.1 Å². The number of hydrogen-bond donors (Lipinski definition) is 4. The van der Waals surface area contributed by atoms with Crippen molar-refractivity contribution in [1.82, 2.24) is 10.3 Å². The molecule has 0 spiro atoms. The molecular weight excluding hydrogens is 334 g/mol. The first kappa shape index (κ1) is 19.0. The van der Waals surface area contributed by atoms with E-state index >= 15 is 0 Å². The molecule has 138 valence electrons. The van der Waals surface area contributed by atoms with E-state index in [1.807, 2.05) is 30.3 Å². The minimum Gasteiger partial charge on any atom is -0.445 e. The Bertz CT molecular complexity index is 737. The van der Waals surface area contributed by atoms with Crippen molar-refractivity contribution in [3.05, 3.63) is 53.7 Å². The van der Waals surface area contributed by atoms with Crippen LogP contribution in [0.1, 0.15) is 28.8 Å². The quantitative estimate of drug-likeness (QED) is 0.507. The number of rotatable bonds is 9. The number of carbonyl (C=O) groups is 2. The van der Waals surface area contributed by atoms with Crippen LogP contribution in [0.2, 0.25) is 0 Å². The number of amides is 2. The Morgan fingerprint density at radius 1 is 1.12 bits per heavy atom. The maximum atomic E-state index is 11.6. The number of hydrogen-bond acceptors (Lipinski definition) is 6. The number of carbonyl (C=O) groups excluding carboxylic acids is 2. The Morgan fingerprint density at radius 3 is 2.54 bits per heavy atom. The lowest BCUT2D eigenvalue weighted by molar-refractivity contribution is 0.1000. The number of aromatic nitrogens is 1. The van der Waals surface area contributed by atoms with E-state index in [0.717, 1.165) is 18.4 Å². The summed E-state index contributed by atoms with van der Waals surface area (Å²) in [6.45, 7) is 1.40. The zero-order valence-corrected chi connectivity index (χ0v) is 14.4. The van der Waals surface area contributed by atoms with E-state index in [9.17, 15) is 9.59 Å². The van der Waals surface area contributed by atoms with E-state index in [1.54, 1.807) is 0 Å². The first-order chi connectivity index (χ1) is 12.6. The first-order valence-electron chi connectivity index (χ1n) is 8.30. The van der Waals surface area contributed by atoms with Crippen LogP contribution in [-0.2, 0) is 11.3 Å². The maximum absolute atomic E-state index is 11.6. The van der Waals surface area contributed by atoms with Gasteiger partial charge < -0.3 is 26.8 Å². The molecule has 1 heterocycles. The summed E-state index contributed by atoms with van der Waals surface area (Å²) in [5.74, 6) is -0.0637. The predicted molar refractivity (Wildman–Crippen MR) is 99.5 cm³/mol. The molecule has 0 radical (unpaired) electrons. The van der Waals surface area contributed by atoms with Crippen LogP contribution in [0.25, 0.3) is 0 Å². The third-order valence-corrected chi connectivity index (χ3v) is 3.58. The number of anilines is 2. The van der Waals surface area contributed by atoms with Gasteiger partial charge in [0.05, 0.1) is 11.3 Å². The van der Waals surface area contributed by atoms with E-state index in [1.165, 1.54) is 12.3 Å². The van der Waals surface area contributed by atoms with Crippen molar-refractivity contribution in [2.24, 2.45) is 5.73 Å². The van der Waals surface area contributed by atoms with Crippen LogP contribution in [0.4, 0.5) is 16.3 Å². The van der Waals surface area contributed by atoms with E-state index in [4.69, 9.17) is 16.2 Å². The average molecular weight is 357 g/mol. The standard InChI is InChI=1S/C18H23N5O3/c19-15-10-14(16(20)24)11-23-17(15)21-8-4-5-9-22-18(25)26-12-13-6-2-1-3-7-13/h1-3,6-7,10-11H,4-5,8-9,12,19H2,(H2,20,24)(H,21,23)(H,22,25). The summed E-state index contributed by atoms with van der Waals surface area (Å²) < 4.78 is 5.12. The van der Waals surface area contributed by atoms with Gasteiger partial charge in [-0.3, -0.25) is 4.79 Å². The molecule has 0 atom stereocenters. The van der Waals surface area contributed by atoms with Crippen molar-refractivity contribution in [2.45, 2.75) is 19.4 Å². The van der Waals surface area contributed by atoms with Crippen LogP contribution in [-0.4, -0.2) is 30.1 Å². The smallest absolute Gasteiger partial charge is 0.407 e. The van der Waals surface area contributed by atoms with Crippen LogP contribution in [0.3, 0.4) is 0 Å². The van der Waals surface area contributed by atoms with Gasteiger partial charge in [-0.15, -0.1) is 0 Å². The number of nitrogens with one attached hydrogen (secondary N) is 2. The molecule has 2 rings (SSSR count). The SMILES string of the molecule is NC(=O)c1cnc(NCCCCNC(=O)OCc2ccccc2)c(N)c1. The molecule has 2 aromatic rings. The monoisotopic (exact) mass is 357 g/mol. The van der Waals surface area contributed by atoms with Gasteiger partial charge in [-0.05, 0) is 24.5 Å². The Kier molecular flexibility index (Phi) is 7.23. The van der Waals surface area contributed by atoms with E-state index in [2.05, 4.69) is 15.6 Å². The lowest BCUT2D eigenvalue weighted by atomic mass is 10.2. The summed E-state index contributed by atoms with van der Waals surface area (Å²) in [5.41, 5.74) is 12.6. The largest absolute Gasteiger partial charge is 0.445 e. The predicted octanol–water partition coefficient (Wildman–Crippen LogP) is 1.88. The summed E-state index contributed by atoms with van der Waals surface area (Å²) >= 11 is 0. The minimum atomic E-state index is -0.569. The molecule has 0 aliphatic heterocycles. The van der Waals surface area contributed by atoms with Gasteiger partial charge in [0, 0.05) is 19.3 Å². The van der Waals surface area contributed by atoms with Gasteiger partial charge in [0.2, 0.25) is 5.91 Å². The third-order valence-electron chi connectivity index (χ3n) is 3.58. The van der Waals surface area contributed by atoms with Gasteiger partial charge in [0.25, 0.3) is 0 Å². The van der Waals surface area contributed by atoms with Gasteiger partial charge in [0.1, 0.15) is 12.4 Å². The maximum Gasteiger partial charge on any atom is 0.407 e. The molecule has 2 amide bonds. The lowest BCUT2D eigenvalue weighted by Crippen LogP contribution is -2.25. The highest BCUT2D eigenvalue weighted by Gasteiger charge is 2.06. The molecule has 0 fully saturated rings. The zero-order chi connectivity index (χ0) is 18.8. The molecule has 26 heavy (non-hydrogen) atoms. The number of primary amides is 1. The molecular formula is C18H23N5O3. The van der Waals surface area contributed by atoms with Crippen LogP contribution >= 0.6 is 0 Å². The fourth-order valence-corrected chi connectivity index (χ4v) is 2.19. The lowest BCUT2D eigenvalue weighted by Gasteiger charge is -2.09. The minimum absolute atomic E-state index is 0.250. The normalized spacial score (nSPS) is 10.2. The Morgan fingerprint density at radius 2 is 1.85 bits per heavy atom. The molecule has 1 aromatic carbocycles. The summed E-state index contributed by atoms with van der Waals surface area (Å²) in [6.07, 6.45) is 2.52. The second-order valence-corrected chi connectivity index (χ2v) is 5.65. The van der Waals surface area contributed by atoms with E-state index in [-0.39, 0.29) is 12.2 Å². The fraction of sp³-hybridized carbons (Fsp3) is 0.278. The van der Waals surface area contributed by atoms with Crippen LogP contribution in [0.5, 0.6) is 0 Å². The van der Waals surface area contributed by atoms with Gasteiger partial charge in [0.15, 0.2) is 0 Å². The number of alkyl carbamates (subject to hydrolysis) is 1. The topological polar surface area (TPSA) is 132 Å². The Hall–Kier alpha value is -3.29. The number of nitrogen functional groups attached to an aromatic ring is 1. The highest BCUT2D eigenvalue weighted by Crippen LogP contribution is 2.16. The molecule has 0 aliphatic rings. The average Bonchev–Trinajstić information content (AvgIpc) is 2.64. The second-order valence-electron chi connectivity index (χ2n) is 5.65. The van der Waals surface area contributed by atoms with Crippen molar-refractivity contribution >= 4 is 23.5 Å².